The van der Waals surface area contributed by atoms with Crippen LogP contribution in [-0.4, -0.2) is 28.7 Å². The Morgan fingerprint density at radius 1 is 1.47 bits per heavy atom. The number of hydrogen-bond acceptors (Lipinski definition) is 3. The van der Waals surface area contributed by atoms with Crippen molar-refractivity contribution in [2.24, 2.45) is 5.41 Å². The van der Waals surface area contributed by atoms with Gasteiger partial charge in [0.05, 0.1) is 18.4 Å². The van der Waals surface area contributed by atoms with Crippen molar-refractivity contribution < 1.29 is 0 Å². The van der Waals surface area contributed by atoms with Crippen LogP contribution in [0.4, 0.5) is 5.69 Å². The summed E-state index contributed by atoms with van der Waals surface area (Å²) in [6.45, 7) is 3.66. The molecule has 0 aromatic carbocycles. The normalized spacial score (nSPS) is 17.6. The SMILES string of the molecule is CCN(C)c1cnn(CC2(CBr)CCCC2)c(=O)c1. The third-order valence-corrected chi connectivity index (χ3v) is 5.39. The summed E-state index contributed by atoms with van der Waals surface area (Å²) in [6, 6.07) is 1.69. The number of alkyl halides is 1. The second kappa shape index (κ2) is 6.07. The molecule has 1 aliphatic rings. The first-order chi connectivity index (χ1) is 9.10. The molecule has 1 fully saturated rings. The van der Waals surface area contributed by atoms with Crippen molar-refractivity contribution in [1.29, 1.82) is 0 Å². The summed E-state index contributed by atoms with van der Waals surface area (Å²) < 4.78 is 1.62. The Kier molecular flexibility index (Phi) is 4.66. The van der Waals surface area contributed by atoms with E-state index in [0.717, 1.165) is 24.1 Å². The molecule has 0 aliphatic heterocycles. The molecule has 106 valence electrons. The first-order valence-electron chi connectivity index (χ1n) is 6.94. The zero-order chi connectivity index (χ0) is 13.9. The van der Waals surface area contributed by atoms with E-state index in [1.165, 1.54) is 25.7 Å². The zero-order valence-electron chi connectivity index (χ0n) is 11.7. The van der Waals surface area contributed by atoms with Gasteiger partial charge in [0.2, 0.25) is 0 Å². The maximum Gasteiger partial charge on any atom is 0.268 e. The highest BCUT2D eigenvalue weighted by molar-refractivity contribution is 9.09. The maximum atomic E-state index is 12.2. The highest BCUT2D eigenvalue weighted by Crippen LogP contribution is 2.40. The van der Waals surface area contributed by atoms with Crippen molar-refractivity contribution in [1.82, 2.24) is 9.78 Å². The van der Waals surface area contributed by atoms with Crippen LogP contribution in [0.25, 0.3) is 0 Å². The molecule has 4 nitrogen and oxygen atoms in total. The van der Waals surface area contributed by atoms with Crippen LogP contribution in [0.15, 0.2) is 17.1 Å². The highest BCUT2D eigenvalue weighted by Gasteiger charge is 2.33. The first-order valence-corrected chi connectivity index (χ1v) is 8.07. The number of anilines is 1. The Labute approximate surface area is 122 Å². The maximum absolute atomic E-state index is 12.2. The molecule has 5 heteroatoms. The number of halogens is 1. The van der Waals surface area contributed by atoms with Crippen LogP contribution in [0.3, 0.4) is 0 Å². The molecule has 0 radical (unpaired) electrons. The number of nitrogens with zero attached hydrogens (tertiary/aromatic N) is 3. The molecule has 1 saturated carbocycles. The first kappa shape index (κ1) is 14.6. The fourth-order valence-corrected chi connectivity index (χ4v) is 3.45. The van der Waals surface area contributed by atoms with E-state index >= 15 is 0 Å². The Balaban J connectivity index is 2.19. The average Bonchev–Trinajstić information content (AvgIpc) is 2.89. The lowest BCUT2D eigenvalue weighted by atomic mass is 9.89. The Bertz CT molecular complexity index is 480. The molecule has 0 atom stereocenters. The van der Waals surface area contributed by atoms with Gasteiger partial charge in [-0.1, -0.05) is 28.8 Å². The van der Waals surface area contributed by atoms with Crippen LogP contribution in [0.5, 0.6) is 0 Å². The van der Waals surface area contributed by atoms with Crippen LogP contribution in [0.1, 0.15) is 32.6 Å². The van der Waals surface area contributed by atoms with Gasteiger partial charge in [-0.05, 0) is 25.2 Å². The van der Waals surface area contributed by atoms with E-state index in [0.29, 0.717) is 0 Å². The molecule has 1 aliphatic carbocycles. The molecule has 1 heterocycles. The van der Waals surface area contributed by atoms with Crippen LogP contribution in [-0.2, 0) is 6.54 Å². The zero-order valence-corrected chi connectivity index (χ0v) is 13.3. The van der Waals surface area contributed by atoms with Crippen LogP contribution < -0.4 is 10.5 Å². The van der Waals surface area contributed by atoms with Crippen molar-refractivity contribution in [3.05, 3.63) is 22.6 Å². The van der Waals surface area contributed by atoms with Gasteiger partial charge in [0.25, 0.3) is 5.56 Å². The lowest BCUT2D eigenvalue weighted by Crippen LogP contribution is -2.33. The standard InChI is InChI=1S/C14H22BrN3O/c1-3-17(2)12-8-13(19)18(16-9-12)11-14(10-15)6-4-5-7-14/h8-9H,3-7,10-11H2,1-2H3. The summed E-state index contributed by atoms with van der Waals surface area (Å²) in [5, 5.41) is 5.29. The molecule has 0 N–H and O–H groups in total. The van der Waals surface area contributed by atoms with Gasteiger partial charge in [0, 0.05) is 25.0 Å². The van der Waals surface area contributed by atoms with Crippen molar-refractivity contribution in [2.75, 3.05) is 23.8 Å². The molecular formula is C14H22BrN3O. The van der Waals surface area contributed by atoms with E-state index in [9.17, 15) is 4.79 Å². The van der Waals surface area contributed by atoms with Gasteiger partial charge < -0.3 is 4.90 Å². The molecule has 0 unspecified atom stereocenters. The lowest BCUT2D eigenvalue weighted by molar-refractivity contribution is 0.271. The third-order valence-electron chi connectivity index (χ3n) is 4.20. The predicted molar refractivity (Wildman–Crippen MR) is 82.1 cm³/mol. The number of aromatic nitrogens is 2. The largest absolute Gasteiger partial charge is 0.373 e. The van der Waals surface area contributed by atoms with E-state index < -0.39 is 0 Å². The van der Waals surface area contributed by atoms with E-state index in [-0.39, 0.29) is 11.0 Å². The quantitative estimate of drug-likeness (QED) is 0.780. The molecule has 1 aromatic rings. The van der Waals surface area contributed by atoms with E-state index in [2.05, 4.69) is 28.0 Å². The van der Waals surface area contributed by atoms with Gasteiger partial charge in [-0.15, -0.1) is 0 Å². The van der Waals surface area contributed by atoms with Crippen molar-refractivity contribution in [3.8, 4) is 0 Å². The molecular weight excluding hydrogens is 306 g/mol. The van der Waals surface area contributed by atoms with Crippen molar-refractivity contribution in [2.45, 2.75) is 39.2 Å². The molecule has 1 aromatic heterocycles. The topological polar surface area (TPSA) is 38.1 Å². The Morgan fingerprint density at radius 2 is 2.16 bits per heavy atom. The summed E-state index contributed by atoms with van der Waals surface area (Å²) in [7, 11) is 1.97. The summed E-state index contributed by atoms with van der Waals surface area (Å²) in [5.74, 6) is 0. The van der Waals surface area contributed by atoms with E-state index in [1.54, 1.807) is 16.9 Å². The third kappa shape index (κ3) is 3.19. The molecule has 0 saturated heterocycles. The van der Waals surface area contributed by atoms with Gasteiger partial charge >= 0.3 is 0 Å². The molecule has 19 heavy (non-hydrogen) atoms. The molecule has 0 spiro atoms. The monoisotopic (exact) mass is 327 g/mol. The van der Waals surface area contributed by atoms with Crippen LogP contribution in [0, 0.1) is 5.41 Å². The summed E-state index contributed by atoms with van der Waals surface area (Å²) in [5.41, 5.74) is 1.11. The fraction of sp³-hybridized carbons (Fsp3) is 0.714. The minimum Gasteiger partial charge on any atom is -0.373 e. The Morgan fingerprint density at radius 3 is 2.68 bits per heavy atom. The molecule has 0 bridgehead atoms. The Hall–Kier alpha value is -0.840. The van der Waals surface area contributed by atoms with Crippen LogP contribution >= 0.6 is 15.9 Å². The second-order valence-electron chi connectivity index (χ2n) is 5.56. The van der Waals surface area contributed by atoms with E-state index in [4.69, 9.17) is 0 Å². The average molecular weight is 328 g/mol. The van der Waals surface area contributed by atoms with E-state index in [1.807, 2.05) is 11.9 Å². The van der Waals surface area contributed by atoms with Gasteiger partial charge in [0.1, 0.15) is 0 Å². The minimum atomic E-state index is 0.00465. The van der Waals surface area contributed by atoms with Crippen molar-refractivity contribution >= 4 is 21.6 Å². The smallest absolute Gasteiger partial charge is 0.268 e. The fourth-order valence-electron chi connectivity index (χ4n) is 2.71. The van der Waals surface area contributed by atoms with Gasteiger partial charge in [-0.3, -0.25) is 4.79 Å². The highest BCUT2D eigenvalue weighted by atomic mass is 79.9. The predicted octanol–water partition coefficient (Wildman–Crippen LogP) is 2.65. The minimum absolute atomic E-state index is 0.00465. The summed E-state index contributed by atoms with van der Waals surface area (Å²) in [4.78, 5) is 14.2. The van der Waals surface area contributed by atoms with Gasteiger partial charge in [-0.25, -0.2) is 4.68 Å². The molecule has 0 amide bonds. The summed E-state index contributed by atoms with van der Waals surface area (Å²) in [6.07, 6.45) is 6.68. The van der Waals surface area contributed by atoms with Gasteiger partial charge in [-0.2, -0.15) is 5.10 Å². The van der Waals surface area contributed by atoms with Crippen LogP contribution in [0.2, 0.25) is 0 Å². The second-order valence-corrected chi connectivity index (χ2v) is 6.13. The molecule has 2 rings (SSSR count). The summed E-state index contributed by atoms with van der Waals surface area (Å²) >= 11 is 3.61. The van der Waals surface area contributed by atoms with Crippen molar-refractivity contribution in [3.63, 3.8) is 0 Å². The number of hydrogen-bond donors (Lipinski definition) is 0. The lowest BCUT2D eigenvalue weighted by Gasteiger charge is -2.26. The number of rotatable bonds is 5. The van der Waals surface area contributed by atoms with Gasteiger partial charge in [0.15, 0.2) is 0 Å².